The van der Waals surface area contributed by atoms with Gasteiger partial charge in [0.1, 0.15) is 0 Å². The first-order valence-electron chi connectivity index (χ1n) is 9.86. The minimum absolute atomic E-state index is 0.0861. The van der Waals surface area contributed by atoms with Crippen LogP contribution in [0.25, 0.3) is 11.0 Å². The lowest BCUT2D eigenvalue weighted by Crippen LogP contribution is -2.42. The summed E-state index contributed by atoms with van der Waals surface area (Å²) in [5, 5.41) is 4.82. The lowest BCUT2D eigenvalue weighted by molar-refractivity contribution is -0.148. The van der Waals surface area contributed by atoms with Gasteiger partial charge in [-0.3, -0.25) is 20.6 Å². The molecule has 1 amide bonds. The van der Waals surface area contributed by atoms with Crippen molar-refractivity contribution in [3.63, 3.8) is 0 Å². The molecule has 1 unspecified atom stereocenters. The van der Waals surface area contributed by atoms with Crippen molar-refractivity contribution in [2.75, 3.05) is 18.3 Å². The van der Waals surface area contributed by atoms with Gasteiger partial charge in [-0.15, -0.1) is 0 Å². The molecule has 4 rings (SSSR count). The minimum Gasteiger partial charge on any atom is -0.467 e. The van der Waals surface area contributed by atoms with Gasteiger partial charge >= 0.3 is 5.97 Å². The highest BCUT2D eigenvalue weighted by molar-refractivity contribution is 5.95. The van der Waals surface area contributed by atoms with Crippen molar-refractivity contribution in [2.45, 2.75) is 19.4 Å². The fourth-order valence-corrected chi connectivity index (χ4v) is 3.44. The molecule has 3 heterocycles. The van der Waals surface area contributed by atoms with E-state index in [0.29, 0.717) is 16.6 Å². The number of anilines is 2. The molecule has 1 atom stereocenters. The Labute approximate surface area is 188 Å². The Morgan fingerprint density at radius 1 is 1.12 bits per heavy atom. The fraction of sp³-hybridized carbons (Fsp3) is 0.190. The normalized spacial score (nSPS) is 12.7. The van der Waals surface area contributed by atoms with E-state index in [1.807, 2.05) is 18.2 Å². The van der Waals surface area contributed by atoms with Gasteiger partial charge in [-0.05, 0) is 19.4 Å². The lowest BCUT2D eigenvalue weighted by atomic mass is 9.92. The highest BCUT2D eigenvalue weighted by Crippen LogP contribution is 2.32. The van der Waals surface area contributed by atoms with Gasteiger partial charge in [0.15, 0.2) is 22.7 Å². The quantitative estimate of drug-likeness (QED) is 0.289. The second-order valence-electron chi connectivity index (χ2n) is 7.22. The van der Waals surface area contributed by atoms with Crippen LogP contribution in [-0.2, 0) is 15.1 Å². The highest BCUT2D eigenvalue weighted by Gasteiger charge is 2.41. The van der Waals surface area contributed by atoms with E-state index in [0.717, 1.165) is 0 Å². The van der Waals surface area contributed by atoms with Crippen molar-refractivity contribution in [1.29, 1.82) is 0 Å². The number of hydrogen-bond acceptors (Lipinski definition) is 10. The maximum absolute atomic E-state index is 12.9. The second kappa shape index (κ2) is 8.49. The van der Waals surface area contributed by atoms with E-state index in [1.54, 1.807) is 26.0 Å². The second-order valence-corrected chi connectivity index (χ2v) is 7.22. The monoisotopic (exact) mass is 447 g/mol. The van der Waals surface area contributed by atoms with E-state index in [2.05, 4.69) is 35.9 Å². The van der Waals surface area contributed by atoms with E-state index in [-0.39, 0.29) is 23.1 Å². The number of amides is 1. The molecule has 168 valence electrons. The molecule has 0 aliphatic heterocycles. The SMILES string of the molecule is COC(=O)C(C)(c1ccccc1)n1ncc2c(NNC(=O)c3nccnc3C)nc(N)nc21. The molecule has 0 aliphatic carbocycles. The van der Waals surface area contributed by atoms with Crippen LogP contribution in [0, 0.1) is 6.92 Å². The number of rotatable bonds is 6. The number of benzene rings is 1. The largest absolute Gasteiger partial charge is 0.467 e. The predicted octanol–water partition coefficient (Wildman–Crippen LogP) is 1.20. The molecule has 33 heavy (non-hydrogen) atoms. The Morgan fingerprint density at radius 2 is 1.85 bits per heavy atom. The number of aromatic nitrogens is 6. The van der Waals surface area contributed by atoms with E-state index in [1.165, 1.54) is 30.4 Å². The number of hydrazine groups is 1. The molecule has 4 N–H and O–H groups in total. The summed E-state index contributed by atoms with van der Waals surface area (Å²) in [7, 11) is 1.30. The minimum atomic E-state index is -1.34. The molecule has 12 heteroatoms. The van der Waals surface area contributed by atoms with Gasteiger partial charge in [0.05, 0.1) is 24.4 Å². The Morgan fingerprint density at radius 3 is 2.55 bits per heavy atom. The molecule has 0 bridgehead atoms. The van der Waals surface area contributed by atoms with Gasteiger partial charge in [-0.2, -0.15) is 15.1 Å². The van der Waals surface area contributed by atoms with Crippen LogP contribution in [0.15, 0.2) is 48.9 Å². The van der Waals surface area contributed by atoms with Crippen LogP contribution in [0.3, 0.4) is 0 Å². The Balaban J connectivity index is 1.75. The molecule has 0 saturated heterocycles. The Kier molecular flexibility index (Phi) is 5.56. The molecular formula is C21H21N9O3. The van der Waals surface area contributed by atoms with Gasteiger partial charge in [0.25, 0.3) is 5.91 Å². The molecule has 0 saturated carbocycles. The molecule has 0 fully saturated rings. The van der Waals surface area contributed by atoms with E-state index >= 15 is 0 Å². The van der Waals surface area contributed by atoms with Crippen molar-refractivity contribution >= 4 is 34.7 Å². The van der Waals surface area contributed by atoms with Crippen LogP contribution in [-0.4, -0.2) is 48.7 Å². The zero-order valence-corrected chi connectivity index (χ0v) is 18.1. The van der Waals surface area contributed by atoms with Gasteiger partial charge < -0.3 is 10.5 Å². The smallest absolute Gasteiger partial charge is 0.338 e. The summed E-state index contributed by atoms with van der Waals surface area (Å²) >= 11 is 0. The summed E-state index contributed by atoms with van der Waals surface area (Å²) in [4.78, 5) is 41.9. The molecular weight excluding hydrogens is 426 g/mol. The van der Waals surface area contributed by atoms with Gasteiger partial charge in [-0.1, -0.05) is 30.3 Å². The molecule has 12 nitrogen and oxygen atoms in total. The number of esters is 1. The van der Waals surface area contributed by atoms with Crippen molar-refractivity contribution < 1.29 is 14.3 Å². The zero-order valence-electron chi connectivity index (χ0n) is 18.1. The van der Waals surface area contributed by atoms with Crippen molar-refractivity contribution in [3.8, 4) is 0 Å². The van der Waals surface area contributed by atoms with Crippen molar-refractivity contribution in [2.24, 2.45) is 0 Å². The molecule has 3 aromatic heterocycles. The van der Waals surface area contributed by atoms with Crippen LogP contribution >= 0.6 is 0 Å². The number of nitrogens with zero attached hydrogens (tertiary/aromatic N) is 6. The number of carbonyl (C=O) groups is 2. The number of nitrogens with two attached hydrogens (primary N) is 1. The first-order chi connectivity index (χ1) is 15.9. The first kappa shape index (κ1) is 21.6. The number of ether oxygens (including phenoxy) is 1. The summed E-state index contributed by atoms with van der Waals surface area (Å²) in [6.07, 6.45) is 4.39. The average molecular weight is 447 g/mol. The third kappa shape index (κ3) is 3.78. The standard InChI is InChI=1S/C21H21N9O3/c1-12-15(24-10-9-23-12)18(31)29-28-16-14-11-25-30(17(14)27-20(22)26-16)21(2,19(32)33-3)13-7-5-4-6-8-13/h4-11H,1-3H3,(H,29,31)(H3,22,26,27,28). The first-order valence-corrected chi connectivity index (χ1v) is 9.86. The van der Waals surface area contributed by atoms with Crippen LogP contribution < -0.4 is 16.6 Å². The van der Waals surface area contributed by atoms with Crippen LogP contribution in [0.5, 0.6) is 0 Å². The Bertz CT molecular complexity index is 1340. The van der Waals surface area contributed by atoms with E-state index in [9.17, 15) is 9.59 Å². The number of hydrogen-bond donors (Lipinski definition) is 3. The number of carbonyl (C=O) groups excluding carboxylic acids is 2. The van der Waals surface area contributed by atoms with Crippen LogP contribution in [0.4, 0.5) is 11.8 Å². The topological polar surface area (TPSA) is 163 Å². The number of methoxy groups -OCH3 is 1. The van der Waals surface area contributed by atoms with E-state index < -0.39 is 17.4 Å². The summed E-state index contributed by atoms with van der Waals surface area (Å²) in [5.74, 6) is -0.949. The average Bonchev–Trinajstić information content (AvgIpc) is 3.26. The molecule has 0 radical (unpaired) electrons. The third-order valence-electron chi connectivity index (χ3n) is 5.18. The molecule has 0 aliphatic rings. The summed E-state index contributed by atoms with van der Waals surface area (Å²) < 4.78 is 6.50. The summed E-state index contributed by atoms with van der Waals surface area (Å²) in [5.41, 5.74) is 11.4. The fourth-order valence-electron chi connectivity index (χ4n) is 3.44. The van der Waals surface area contributed by atoms with E-state index in [4.69, 9.17) is 10.5 Å². The summed E-state index contributed by atoms with van der Waals surface area (Å²) in [6, 6.07) is 9.03. The van der Waals surface area contributed by atoms with Gasteiger partial charge in [0.2, 0.25) is 5.95 Å². The molecule has 0 spiro atoms. The molecule has 1 aromatic carbocycles. The third-order valence-corrected chi connectivity index (χ3v) is 5.18. The van der Waals surface area contributed by atoms with Crippen LogP contribution in [0.2, 0.25) is 0 Å². The highest BCUT2D eigenvalue weighted by atomic mass is 16.5. The van der Waals surface area contributed by atoms with Crippen molar-refractivity contribution in [1.82, 2.24) is 35.1 Å². The van der Waals surface area contributed by atoms with Gasteiger partial charge in [-0.25, -0.2) is 14.5 Å². The summed E-state index contributed by atoms with van der Waals surface area (Å²) in [6.45, 7) is 3.34. The number of nitrogen functional groups attached to an aromatic ring is 1. The number of nitrogens with one attached hydrogen (secondary N) is 2. The molecule has 4 aromatic rings. The number of aryl methyl sites for hydroxylation is 1. The van der Waals surface area contributed by atoms with Gasteiger partial charge in [0, 0.05) is 12.4 Å². The van der Waals surface area contributed by atoms with Crippen molar-refractivity contribution in [3.05, 3.63) is 65.9 Å². The Hall–Kier alpha value is -4.61. The predicted molar refractivity (Wildman–Crippen MR) is 119 cm³/mol. The number of fused-ring (bicyclic) bond motifs is 1. The zero-order chi connectivity index (χ0) is 23.6. The maximum Gasteiger partial charge on any atom is 0.338 e. The lowest BCUT2D eigenvalue weighted by Gasteiger charge is -2.28. The van der Waals surface area contributed by atoms with Crippen LogP contribution in [0.1, 0.15) is 28.7 Å². The maximum atomic E-state index is 12.9.